The maximum absolute atomic E-state index is 12.4. The van der Waals surface area contributed by atoms with Crippen molar-refractivity contribution in [2.24, 2.45) is 13.0 Å². The summed E-state index contributed by atoms with van der Waals surface area (Å²) in [5.41, 5.74) is 2.49. The van der Waals surface area contributed by atoms with Crippen LogP contribution in [0.4, 0.5) is 0 Å². The van der Waals surface area contributed by atoms with Gasteiger partial charge in [-0.1, -0.05) is 18.2 Å². The van der Waals surface area contributed by atoms with Gasteiger partial charge < -0.3 is 10.1 Å². The zero-order valence-electron chi connectivity index (χ0n) is 14.8. The summed E-state index contributed by atoms with van der Waals surface area (Å²) < 4.78 is 7.44. The van der Waals surface area contributed by atoms with Gasteiger partial charge in [-0.25, -0.2) is 0 Å². The SMILES string of the molecule is Cc1nn(C)c(C)c1C(=O)C(=O)NCc1ccccc1OCC1CC1. The predicted molar refractivity (Wildman–Crippen MR) is 93.5 cm³/mol. The van der Waals surface area contributed by atoms with Gasteiger partial charge in [-0.3, -0.25) is 14.3 Å². The zero-order chi connectivity index (χ0) is 18.0. The van der Waals surface area contributed by atoms with Crippen LogP contribution in [0.1, 0.15) is 40.2 Å². The van der Waals surface area contributed by atoms with E-state index in [9.17, 15) is 9.59 Å². The predicted octanol–water partition coefficient (Wildman–Crippen LogP) is 2.32. The molecule has 132 valence electrons. The standard InChI is InChI=1S/C19H23N3O3/c1-12-17(13(2)22(3)21-12)18(23)19(24)20-10-15-6-4-5-7-16(15)25-11-14-8-9-14/h4-7,14H,8-11H2,1-3H3,(H,20,24). The molecule has 1 aliphatic rings. The van der Waals surface area contributed by atoms with E-state index in [2.05, 4.69) is 10.4 Å². The maximum atomic E-state index is 12.4. The average molecular weight is 341 g/mol. The van der Waals surface area contributed by atoms with Crippen molar-refractivity contribution in [3.63, 3.8) is 0 Å². The molecule has 6 heteroatoms. The molecule has 3 rings (SSSR count). The molecule has 0 bridgehead atoms. The molecule has 0 atom stereocenters. The number of nitrogens with zero attached hydrogens (tertiary/aromatic N) is 2. The van der Waals surface area contributed by atoms with Gasteiger partial charge >= 0.3 is 0 Å². The van der Waals surface area contributed by atoms with Crippen molar-refractivity contribution < 1.29 is 14.3 Å². The largest absolute Gasteiger partial charge is 0.493 e. The highest BCUT2D eigenvalue weighted by Gasteiger charge is 2.24. The molecule has 2 aromatic rings. The van der Waals surface area contributed by atoms with Crippen LogP contribution in [-0.2, 0) is 18.4 Å². The third kappa shape index (κ3) is 3.90. The van der Waals surface area contributed by atoms with Gasteiger partial charge in [-0.15, -0.1) is 0 Å². The van der Waals surface area contributed by atoms with Crippen molar-refractivity contribution in [3.05, 3.63) is 46.8 Å². The number of nitrogens with one attached hydrogen (secondary N) is 1. The van der Waals surface area contributed by atoms with Crippen LogP contribution in [-0.4, -0.2) is 28.1 Å². The minimum atomic E-state index is -0.629. The van der Waals surface area contributed by atoms with Crippen LogP contribution in [0.15, 0.2) is 24.3 Å². The Morgan fingerprint density at radius 3 is 2.64 bits per heavy atom. The van der Waals surface area contributed by atoms with Crippen molar-refractivity contribution in [1.82, 2.24) is 15.1 Å². The van der Waals surface area contributed by atoms with E-state index in [1.54, 1.807) is 25.6 Å². The minimum Gasteiger partial charge on any atom is -0.493 e. The Bertz CT molecular complexity index is 806. The van der Waals surface area contributed by atoms with E-state index in [0.717, 1.165) is 11.3 Å². The molecular formula is C19H23N3O3. The normalized spacial score (nSPS) is 13.6. The highest BCUT2D eigenvalue weighted by molar-refractivity contribution is 6.43. The van der Waals surface area contributed by atoms with E-state index < -0.39 is 11.7 Å². The Balaban J connectivity index is 1.64. The first-order valence-electron chi connectivity index (χ1n) is 8.50. The summed E-state index contributed by atoms with van der Waals surface area (Å²) >= 11 is 0. The van der Waals surface area contributed by atoms with E-state index in [1.807, 2.05) is 24.3 Å². The third-order valence-corrected chi connectivity index (χ3v) is 4.53. The molecule has 6 nitrogen and oxygen atoms in total. The molecule has 1 heterocycles. The maximum Gasteiger partial charge on any atom is 0.292 e. The van der Waals surface area contributed by atoms with Gasteiger partial charge in [-0.05, 0) is 38.7 Å². The van der Waals surface area contributed by atoms with Crippen molar-refractivity contribution in [3.8, 4) is 5.75 Å². The summed E-state index contributed by atoms with van der Waals surface area (Å²) in [4.78, 5) is 24.7. The lowest BCUT2D eigenvalue weighted by atomic mass is 10.1. The Kier molecular flexibility index (Phi) is 4.88. The number of amides is 1. The molecule has 0 aliphatic heterocycles. The Morgan fingerprint density at radius 1 is 1.28 bits per heavy atom. The number of ketones is 1. The van der Waals surface area contributed by atoms with E-state index in [4.69, 9.17) is 4.74 Å². The van der Waals surface area contributed by atoms with Gasteiger partial charge in [0, 0.05) is 24.8 Å². The summed E-state index contributed by atoms with van der Waals surface area (Å²) in [7, 11) is 1.75. The molecule has 0 radical (unpaired) electrons. The molecule has 1 aromatic heterocycles. The Hall–Kier alpha value is -2.63. The van der Waals surface area contributed by atoms with Gasteiger partial charge in [0.2, 0.25) is 0 Å². The van der Waals surface area contributed by atoms with E-state index in [0.29, 0.717) is 29.5 Å². The molecule has 0 spiro atoms. The number of hydrogen-bond donors (Lipinski definition) is 1. The molecule has 0 unspecified atom stereocenters. The quantitative estimate of drug-likeness (QED) is 0.620. The lowest BCUT2D eigenvalue weighted by molar-refractivity contribution is -0.117. The monoisotopic (exact) mass is 341 g/mol. The summed E-state index contributed by atoms with van der Waals surface area (Å²) in [5, 5.41) is 6.89. The van der Waals surface area contributed by atoms with Crippen molar-refractivity contribution in [2.75, 3.05) is 6.61 Å². The number of rotatable bonds is 7. The fourth-order valence-corrected chi connectivity index (χ4v) is 2.75. The number of para-hydroxylation sites is 1. The van der Waals surface area contributed by atoms with Crippen LogP contribution >= 0.6 is 0 Å². The van der Waals surface area contributed by atoms with Crippen LogP contribution in [0.25, 0.3) is 0 Å². The van der Waals surface area contributed by atoms with Crippen molar-refractivity contribution in [2.45, 2.75) is 33.2 Å². The number of Topliss-reactive ketones (excluding diaryl/α,β-unsaturated/α-hetero) is 1. The molecule has 1 aromatic carbocycles. The van der Waals surface area contributed by atoms with Crippen LogP contribution in [0, 0.1) is 19.8 Å². The molecule has 1 saturated carbocycles. The Labute approximate surface area is 147 Å². The van der Waals surface area contributed by atoms with E-state index >= 15 is 0 Å². The fraction of sp³-hybridized carbons (Fsp3) is 0.421. The molecular weight excluding hydrogens is 318 g/mol. The minimum absolute atomic E-state index is 0.254. The van der Waals surface area contributed by atoms with Crippen LogP contribution in [0.2, 0.25) is 0 Å². The Morgan fingerprint density at radius 2 is 2.00 bits per heavy atom. The van der Waals surface area contributed by atoms with Gasteiger partial charge in [0.15, 0.2) is 0 Å². The average Bonchev–Trinajstić information content (AvgIpc) is 3.38. The third-order valence-electron chi connectivity index (χ3n) is 4.53. The summed E-state index contributed by atoms with van der Waals surface area (Å²) in [6, 6.07) is 7.58. The fourth-order valence-electron chi connectivity index (χ4n) is 2.75. The van der Waals surface area contributed by atoms with Crippen LogP contribution in [0.5, 0.6) is 5.75 Å². The second-order valence-corrected chi connectivity index (χ2v) is 6.54. The number of ether oxygens (including phenoxy) is 1. The number of aromatic nitrogens is 2. The topological polar surface area (TPSA) is 73.2 Å². The van der Waals surface area contributed by atoms with Crippen LogP contribution in [0.3, 0.4) is 0 Å². The second kappa shape index (κ2) is 7.09. The lowest BCUT2D eigenvalue weighted by Crippen LogP contribution is -2.31. The van der Waals surface area contributed by atoms with Crippen molar-refractivity contribution >= 4 is 11.7 Å². The van der Waals surface area contributed by atoms with Gasteiger partial charge in [0.25, 0.3) is 11.7 Å². The first-order chi connectivity index (χ1) is 12.0. The van der Waals surface area contributed by atoms with Crippen molar-refractivity contribution in [1.29, 1.82) is 0 Å². The summed E-state index contributed by atoms with van der Waals surface area (Å²) in [6.45, 7) is 4.47. The van der Waals surface area contributed by atoms with E-state index in [-0.39, 0.29) is 6.54 Å². The number of aryl methyl sites for hydroxylation is 2. The molecule has 0 saturated heterocycles. The highest BCUT2D eigenvalue weighted by Crippen LogP contribution is 2.30. The number of benzene rings is 1. The summed E-state index contributed by atoms with van der Waals surface area (Å²) in [5.74, 6) is 0.229. The molecule has 1 amide bonds. The van der Waals surface area contributed by atoms with E-state index in [1.165, 1.54) is 12.8 Å². The van der Waals surface area contributed by atoms with Crippen LogP contribution < -0.4 is 10.1 Å². The first kappa shape index (κ1) is 17.2. The van der Waals surface area contributed by atoms with Gasteiger partial charge in [0.1, 0.15) is 5.75 Å². The second-order valence-electron chi connectivity index (χ2n) is 6.54. The first-order valence-corrected chi connectivity index (χ1v) is 8.50. The number of carbonyl (C=O) groups is 2. The molecule has 1 fully saturated rings. The number of hydrogen-bond acceptors (Lipinski definition) is 4. The molecule has 25 heavy (non-hydrogen) atoms. The lowest BCUT2D eigenvalue weighted by Gasteiger charge is -2.11. The molecule has 1 N–H and O–H groups in total. The zero-order valence-corrected chi connectivity index (χ0v) is 14.8. The van der Waals surface area contributed by atoms with Gasteiger partial charge in [-0.2, -0.15) is 5.10 Å². The summed E-state index contributed by atoms with van der Waals surface area (Å²) in [6.07, 6.45) is 2.44. The van der Waals surface area contributed by atoms with Gasteiger partial charge in [0.05, 0.1) is 17.9 Å². The molecule has 1 aliphatic carbocycles. The smallest absolute Gasteiger partial charge is 0.292 e. The highest BCUT2D eigenvalue weighted by atomic mass is 16.5. The number of carbonyl (C=O) groups excluding carboxylic acids is 2.